The van der Waals surface area contributed by atoms with E-state index in [0.717, 1.165) is 11.1 Å². The molecule has 0 aliphatic heterocycles. The molecular formula is C24H21N3O4S. The maximum atomic E-state index is 12.3. The molecule has 0 bridgehead atoms. The number of ether oxygens (including phenoxy) is 2. The van der Waals surface area contributed by atoms with Gasteiger partial charge in [-0.1, -0.05) is 17.7 Å². The van der Waals surface area contributed by atoms with Gasteiger partial charge in [0.05, 0.1) is 14.2 Å². The van der Waals surface area contributed by atoms with Crippen molar-refractivity contribution in [3.05, 3.63) is 71.8 Å². The molecule has 1 aromatic heterocycles. The Balaban J connectivity index is 1.50. The van der Waals surface area contributed by atoms with Gasteiger partial charge in [0.25, 0.3) is 5.91 Å². The molecule has 2 N–H and O–H groups in total. The van der Waals surface area contributed by atoms with E-state index >= 15 is 0 Å². The van der Waals surface area contributed by atoms with Crippen molar-refractivity contribution in [2.24, 2.45) is 0 Å². The number of amides is 1. The van der Waals surface area contributed by atoms with Gasteiger partial charge in [0.15, 0.2) is 22.2 Å². The van der Waals surface area contributed by atoms with Gasteiger partial charge in [-0.15, -0.1) is 0 Å². The summed E-state index contributed by atoms with van der Waals surface area (Å²) < 4.78 is 16.5. The van der Waals surface area contributed by atoms with E-state index in [1.54, 1.807) is 56.7 Å². The lowest BCUT2D eigenvalue weighted by Crippen LogP contribution is -2.34. The van der Waals surface area contributed by atoms with Crippen LogP contribution in [0.1, 0.15) is 15.9 Å². The number of benzene rings is 3. The smallest absolute Gasteiger partial charge is 0.257 e. The number of rotatable bonds is 5. The van der Waals surface area contributed by atoms with Gasteiger partial charge in [-0.3, -0.25) is 10.1 Å². The number of nitrogens with zero attached hydrogens (tertiary/aromatic N) is 1. The second-order valence-electron chi connectivity index (χ2n) is 7.05. The number of hydrogen-bond donors (Lipinski definition) is 2. The van der Waals surface area contributed by atoms with Crippen LogP contribution in [0.3, 0.4) is 0 Å². The molecule has 0 unspecified atom stereocenters. The molecule has 7 nitrogen and oxygen atoms in total. The fraction of sp³-hybridized carbons (Fsp3) is 0.125. The largest absolute Gasteiger partial charge is 0.493 e. The van der Waals surface area contributed by atoms with Gasteiger partial charge in [-0.25, -0.2) is 4.98 Å². The number of nitrogens with one attached hydrogen (secondary N) is 2. The number of methoxy groups -OCH3 is 2. The Morgan fingerprint density at radius 2 is 1.72 bits per heavy atom. The van der Waals surface area contributed by atoms with Gasteiger partial charge >= 0.3 is 0 Å². The van der Waals surface area contributed by atoms with Crippen LogP contribution >= 0.6 is 12.2 Å². The molecule has 32 heavy (non-hydrogen) atoms. The van der Waals surface area contributed by atoms with Crippen LogP contribution in [0.4, 0.5) is 5.69 Å². The lowest BCUT2D eigenvalue weighted by molar-refractivity contribution is 0.0977. The molecule has 1 amide bonds. The lowest BCUT2D eigenvalue weighted by Gasteiger charge is -2.09. The minimum Gasteiger partial charge on any atom is -0.493 e. The van der Waals surface area contributed by atoms with Gasteiger partial charge in [0.2, 0.25) is 5.89 Å². The molecule has 162 valence electrons. The summed E-state index contributed by atoms with van der Waals surface area (Å²) in [6.07, 6.45) is 0. The molecule has 0 aliphatic rings. The van der Waals surface area contributed by atoms with Crippen molar-refractivity contribution in [2.45, 2.75) is 6.92 Å². The highest BCUT2D eigenvalue weighted by Crippen LogP contribution is 2.33. The number of aryl methyl sites for hydroxylation is 1. The number of hydrogen-bond acceptors (Lipinski definition) is 6. The van der Waals surface area contributed by atoms with E-state index in [9.17, 15) is 4.79 Å². The van der Waals surface area contributed by atoms with Gasteiger partial charge in [0, 0.05) is 16.8 Å². The van der Waals surface area contributed by atoms with Crippen molar-refractivity contribution in [1.29, 1.82) is 0 Å². The Morgan fingerprint density at radius 1 is 0.969 bits per heavy atom. The standard InChI is InChI=1S/C24H21N3O4S/c1-14-4-6-15(7-5-14)22(28)27-24(32)25-17-9-11-19-18(13-17)26-23(31-19)16-8-10-20(29-2)21(12-16)30-3/h4-13H,1-3H3,(H2,25,27,28,32). The van der Waals surface area contributed by atoms with Crippen LogP contribution in [0.2, 0.25) is 0 Å². The molecule has 4 rings (SSSR count). The number of aromatic nitrogens is 1. The summed E-state index contributed by atoms with van der Waals surface area (Å²) in [6, 6.07) is 18.1. The van der Waals surface area contributed by atoms with Crippen molar-refractivity contribution in [2.75, 3.05) is 19.5 Å². The van der Waals surface area contributed by atoms with E-state index in [0.29, 0.717) is 39.7 Å². The normalized spacial score (nSPS) is 10.6. The monoisotopic (exact) mass is 447 g/mol. The van der Waals surface area contributed by atoms with Crippen LogP contribution in [0.25, 0.3) is 22.6 Å². The van der Waals surface area contributed by atoms with E-state index in [4.69, 9.17) is 26.1 Å². The molecule has 0 atom stereocenters. The number of anilines is 1. The zero-order valence-electron chi connectivity index (χ0n) is 17.8. The number of thiocarbonyl (C=S) groups is 1. The molecule has 1 heterocycles. The molecule has 0 radical (unpaired) electrons. The highest BCUT2D eigenvalue weighted by atomic mass is 32.1. The summed E-state index contributed by atoms with van der Waals surface area (Å²) >= 11 is 5.28. The fourth-order valence-electron chi connectivity index (χ4n) is 3.14. The summed E-state index contributed by atoms with van der Waals surface area (Å²) in [5, 5.41) is 5.88. The predicted octanol–water partition coefficient (Wildman–Crippen LogP) is 4.95. The number of carbonyl (C=O) groups excluding carboxylic acids is 1. The maximum Gasteiger partial charge on any atom is 0.257 e. The Labute approximate surface area is 190 Å². The van der Waals surface area contributed by atoms with Gasteiger partial charge in [-0.05, 0) is 67.7 Å². The van der Waals surface area contributed by atoms with Gasteiger partial charge < -0.3 is 19.2 Å². The first-order chi connectivity index (χ1) is 15.5. The number of carbonyl (C=O) groups is 1. The Bertz CT molecular complexity index is 1300. The SMILES string of the molecule is COc1ccc(-c2nc3cc(NC(=S)NC(=O)c4ccc(C)cc4)ccc3o2)cc1OC. The zero-order valence-corrected chi connectivity index (χ0v) is 18.6. The second-order valence-corrected chi connectivity index (χ2v) is 7.45. The van der Waals surface area contributed by atoms with Gasteiger partial charge in [-0.2, -0.15) is 0 Å². The second kappa shape index (κ2) is 9.07. The van der Waals surface area contributed by atoms with Crippen LogP contribution in [-0.2, 0) is 0 Å². The quantitative estimate of drug-likeness (QED) is 0.419. The average Bonchev–Trinajstić information content (AvgIpc) is 3.22. The first-order valence-electron chi connectivity index (χ1n) is 9.79. The van der Waals surface area contributed by atoms with Crippen LogP contribution < -0.4 is 20.1 Å². The van der Waals surface area contributed by atoms with Crippen molar-refractivity contribution >= 4 is 40.0 Å². The lowest BCUT2D eigenvalue weighted by atomic mass is 10.1. The summed E-state index contributed by atoms with van der Waals surface area (Å²) in [4.78, 5) is 16.9. The Morgan fingerprint density at radius 3 is 2.44 bits per heavy atom. The zero-order chi connectivity index (χ0) is 22.7. The molecule has 0 fully saturated rings. The third-order valence-electron chi connectivity index (χ3n) is 4.82. The third kappa shape index (κ3) is 4.55. The van der Waals surface area contributed by atoms with E-state index < -0.39 is 0 Å². The van der Waals surface area contributed by atoms with E-state index in [1.165, 1.54) is 0 Å². The van der Waals surface area contributed by atoms with E-state index in [2.05, 4.69) is 15.6 Å². The number of fused-ring (bicyclic) bond motifs is 1. The van der Waals surface area contributed by atoms with Crippen molar-refractivity contribution in [3.8, 4) is 23.0 Å². The highest BCUT2D eigenvalue weighted by molar-refractivity contribution is 7.80. The van der Waals surface area contributed by atoms with Gasteiger partial charge in [0.1, 0.15) is 5.52 Å². The van der Waals surface area contributed by atoms with Crippen LogP contribution in [0.15, 0.2) is 65.1 Å². The van der Waals surface area contributed by atoms with Crippen molar-refractivity contribution in [1.82, 2.24) is 10.3 Å². The minimum atomic E-state index is -0.277. The molecule has 3 aromatic carbocycles. The highest BCUT2D eigenvalue weighted by Gasteiger charge is 2.13. The first-order valence-corrected chi connectivity index (χ1v) is 10.2. The fourth-order valence-corrected chi connectivity index (χ4v) is 3.35. The van der Waals surface area contributed by atoms with Crippen LogP contribution in [-0.4, -0.2) is 30.2 Å². The third-order valence-corrected chi connectivity index (χ3v) is 5.02. The average molecular weight is 448 g/mol. The Hall–Kier alpha value is -3.91. The predicted molar refractivity (Wildman–Crippen MR) is 127 cm³/mol. The summed E-state index contributed by atoms with van der Waals surface area (Å²) in [7, 11) is 3.16. The first kappa shape index (κ1) is 21.3. The molecule has 4 aromatic rings. The van der Waals surface area contributed by atoms with Crippen molar-refractivity contribution < 1.29 is 18.7 Å². The molecular weight excluding hydrogens is 426 g/mol. The molecule has 0 saturated heterocycles. The van der Waals surface area contributed by atoms with Crippen LogP contribution in [0.5, 0.6) is 11.5 Å². The van der Waals surface area contributed by atoms with Crippen LogP contribution in [0, 0.1) is 6.92 Å². The van der Waals surface area contributed by atoms with E-state index in [-0.39, 0.29) is 11.0 Å². The molecule has 0 aliphatic carbocycles. The number of oxazole rings is 1. The maximum absolute atomic E-state index is 12.3. The minimum absolute atomic E-state index is 0.193. The summed E-state index contributed by atoms with van der Waals surface area (Å²) in [5.41, 5.74) is 4.32. The molecule has 0 saturated carbocycles. The molecule has 0 spiro atoms. The van der Waals surface area contributed by atoms with E-state index in [1.807, 2.05) is 25.1 Å². The molecule has 8 heteroatoms. The topological polar surface area (TPSA) is 85.6 Å². The summed E-state index contributed by atoms with van der Waals surface area (Å²) in [5.74, 6) is 1.39. The Kier molecular flexibility index (Phi) is 6.04. The van der Waals surface area contributed by atoms with Crippen molar-refractivity contribution in [3.63, 3.8) is 0 Å². The summed E-state index contributed by atoms with van der Waals surface area (Å²) in [6.45, 7) is 1.96.